The molecule has 198 valence electrons. The van der Waals surface area contributed by atoms with Crippen LogP contribution in [0.3, 0.4) is 0 Å². The number of fused-ring (bicyclic) bond motifs is 1. The number of carbonyl (C=O) groups is 4. The van der Waals surface area contributed by atoms with Gasteiger partial charge in [-0.1, -0.05) is 11.3 Å². The normalized spacial score (nSPS) is 23.6. The Morgan fingerprint density at radius 1 is 1.19 bits per heavy atom. The second-order valence-corrected chi connectivity index (χ2v) is 12.6. The molecule has 12 heteroatoms. The number of imide groups is 1. The van der Waals surface area contributed by atoms with E-state index in [4.69, 9.17) is 0 Å². The number of piperidine rings is 2. The Labute approximate surface area is 223 Å². The zero-order valence-electron chi connectivity index (χ0n) is 21.2. The first-order valence-electron chi connectivity index (χ1n) is 12.6. The van der Waals surface area contributed by atoms with Crippen molar-refractivity contribution in [1.82, 2.24) is 19.7 Å². The van der Waals surface area contributed by atoms with Crippen LogP contribution in [-0.4, -0.2) is 90.9 Å². The molecule has 1 unspecified atom stereocenters. The number of pyridine rings is 1. The summed E-state index contributed by atoms with van der Waals surface area (Å²) in [5.41, 5.74) is 1.15. The molecular formula is C25H31N5O5S2. The predicted octanol–water partition coefficient (Wildman–Crippen LogP) is 4.24. The van der Waals surface area contributed by atoms with E-state index >= 15 is 0 Å². The van der Waals surface area contributed by atoms with Crippen LogP contribution in [0.1, 0.15) is 55.6 Å². The number of thioether (sulfide) groups is 1. The quantitative estimate of drug-likeness (QED) is 0.585. The molecule has 5 heterocycles. The molecule has 0 aliphatic carbocycles. The summed E-state index contributed by atoms with van der Waals surface area (Å²) in [7, 11) is 0. The third kappa shape index (κ3) is 4.70. The highest BCUT2D eigenvalue weighted by Crippen LogP contribution is 2.45. The number of thiophene rings is 1. The highest BCUT2D eigenvalue weighted by Gasteiger charge is 2.55. The summed E-state index contributed by atoms with van der Waals surface area (Å²) in [6.45, 7) is 8.09. The smallest absolute Gasteiger partial charge is 0.409 e. The number of anilines is 1. The minimum absolute atomic E-state index is 0.0681. The van der Waals surface area contributed by atoms with Crippen LogP contribution in [0.5, 0.6) is 0 Å². The number of rotatable bonds is 4. The number of hydrogen-bond acceptors (Lipinski definition) is 8. The molecule has 10 nitrogen and oxygen atoms in total. The molecule has 1 atom stereocenters. The zero-order valence-corrected chi connectivity index (χ0v) is 22.8. The highest BCUT2D eigenvalue weighted by molar-refractivity contribution is 8.16. The van der Waals surface area contributed by atoms with Crippen molar-refractivity contribution in [2.45, 2.75) is 63.3 Å². The van der Waals surface area contributed by atoms with Crippen molar-refractivity contribution in [2.75, 3.05) is 31.5 Å². The Morgan fingerprint density at radius 2 is 1.92 bits per heavy atom. The van der Waals surface area contributed by atoms with E-state index in [1.807, 2.05) is 32.9 Å². The Morgan fingerprint density at radius 3 is 2.57 bits per heavy atom. The van der Waals surface area contributed by atoms with Gasteiger partial charge in [-0.25, -0.2) is 9.78 Å². The number of hydrogen-bond donors (Lipinski definition) is 2. The summed E-state index contributed by atoms with van der Waals surface area (Å²) in [4.78, 5) is 61.4. The summed E-state index contributed by atoms with van der Waals surface area (Å²) >= 11 is 2.36. The van der Waals surface area contributed by atoms with Crippen LogP contribution in [0, 0.1) is 6.92 Å². The SMILES string of the molecule is Cc1ccc2c(C(=O)N3CCC(N4CCCC5(C4)SC(=O)N(C(C)C)C5=O)CC3)c(NC(=O)O)sc2n1. The summed E-state index contributed by atoms with van der Waals surface area (Å²) in [5.74, 6) is -0.268. The molecule has 2 aromatic heterocycles. The summed E-state index contributed by atoms with van der Waals surface area (Å²) in [6, 6.07) is 3.72. The van der Waals surface area contributed by atoms with E-state index in [2.05, 4.69) is 15.2 Å². The van der Waals surface area contributed by atoms with Crippen molar-refractivity contribution in [2.24, 2.45) is 0 Å². The first-order valence-corrected chi connectivity index (χ1v) is 14.2. The summed E-state index contributed by atoms with van der Waals surface area (Å²) in [6.07, 6.45) is 1.85. The average molecular weight is 546 g/mol. The fourth-order valence-corrected chi connectivity index (χ4v) is 8.18. The Balaban J connectivity index is 1.29. The lowest BCUT2D eigenvalue weighted by Gasteiger charge is -2.44. The van der Waals surface area contributed by atoms with Crippen molar-refractivity contribution >= 4 is 61.5 Å². The molecule has 0 bridgehead atoms. The van der Waals surface area contributed by atoms with Gasteiger partial charge in [0.1, 0.15) is 14.6 Å². The van der Waals surface area contributed by atoms with Crippen molar-refractivity contribution in [3.8, 4) is 0 Å². The molecule has 4 amide bonds. The fraction of sp³-hybridized carbons (Fsp3) is 0.560. The van der Waals surface area contributed by atoms with Gasteiger partial charge in [-0.05, 0) is 76.9 Å². The third-order valence-electron chi connectivity index (χ3n) is 7.49. The van der Waals surface area contributed by atoms with E-state index in [9.17, 15) is 24.3 Å². The van der Waals surface area contributed by atoms with Gasteiger partial charge in [-0.3, -0.25) is 29.5 Å². The van der Waals surface area contributed by atoms with Crippen LogP contribution >= 0.6 is 23.1 Å². The van der Waals surface area contributed by atoms with Gasteiger partial charge in [0.15, 0.2) is 0 Å². The number of amides is 4. The second kappa shape index (κ2) is 9.88. The lowest BCUT2D eigenvalue weighted by atomic mass is 9.91. The maximum atomic E-state index is 13.6. The van der Waals surface area contributed by atoms with E-state index in [1.165, 1.54) is 28.0 Å². The van der Waals surface area contributed by atoms with Crippen LogP contribution in [0.2, 0.25) is 0 Å². The van der Waals surface area contributed by atoms with E-state index in [1.54, 1.807) is 4.90 Å². The van der Waals surface area contributed by atoms with Gasteiger partial charge >= 0.3 is 6.09 Å². The van der Waals surface area contributed by atoms with Gasteiger partial charge in [0.25, 0.3) is 11.1 Å². The molecule has 0 saturated carbocycles. The maximum Gasteiger partial charge on any atom is 0.409 e. The lowest BCUT2D eigenvalue weighted by molar-refractivity contribution is -0.132. The molecule has 0 aromatic carbocycles. The van der Waals surface area contributed by atoms with Crippen molar-refractivity contribution in [1.29, 1.82) is 0 Å². The molecule has 3 saturated heterocycles. The second-order valence-electron chi connectivity index (χ2n) is 10.3. The number of carboxylic acid groups (broad SMARTS) is 1. The molecule has 2 aromatic rings. The van der Waals surface area contributed by atoms with Crippen LogP contribution in [0.25, 0.3) is 10.2 Å². The van der Waals surface area contributed by atoms with Gasteiger partial charge < -0.3 is 10.0 Å². The van der Waals surface area contributed by atoms with E-state index in [-0.39, 0.29) is 29.1 Å². The lowest BCUT2D eigenvalue weighted by Crippen LogP contribution is -2.56. The van der Waals surface area contributed by atoms with Crippen molar-refractivity contribution in [3.05, 3.63) is 23.4 Å². The molecule has 2 N–H and O–H groups in total. The summed E-state index contributed by atoms with van der Waals surface area (Å²) < 4.78 is -0.704. The fourth-order valence-electron chi connectivity index (χ4n) is 5.69. The topological polar surface area (TPSA) is 123 Å². The number of nitrogens with one attached hydrogen (secondary N) is 1. The zero-order chi connectivity index (χ0) is 26.5. The van der Waals surface area contributed by atoms with Crippen LogP contribution in [0.15, 0.2) is 12.1 Å². The average Bonchev–Trinajstić information content (AvgIpc) is 3.30. The van der Waals surface area contributed by atoms with Gasteiger partial charge in [-0.2, -0.15) is 0 Å². The van der Waals surface area contributed by atoms with Gasteiger partial charge in [0.05, 0.1) is 5.56 Å². The van der Waals surface area contributed by atoms with E-state index in [0.29, 0.717) is 46.8 Å². The Kier molecular flexibility index (Phi) is 6.92. The van der Waals surface area contributed by atoms with Gasteiger partial charge in [-0.15, -0.1) is 0 Å². The molecule has 3 fully saturated rings. The van der Waals surface area contributed by atoms with Crippen LogP contribution < -0.4 is 5.32 Å². The minimum Gasteiger partial charge on any atom is -0.465 e. The molecule has 3 aliphatic heterocycles. The molecule has 37 heavy (non-hydrogen) atoms. The molecule has 3 aliphatic rings. The standard InChI is InChI=1S/C25H31N5O5S2/c1-14(2)30-22(32)25(37-24(30)35)9-4-10-29(13-25)16-7-11-28(12-8-16)21(31)18-17-6-5-15(3)26-19(17)36-20(18)27-23(33)34/h5-6,14,16,27H,4,7-13H2,1-3H3,(H,33,34). The Hall–Kier alpha value is -2.70. The monoisotopic (exact) mass is 545 g/mol. The van der Waals surface area contributed by atoms with Gasteiger partial charge in [0, 0.05) is 42.8 Å². The number of nitrogens with zero attached hydrogens (tertiary/aromatic N) is 4. The molecule has 0 radical (unpaired) electrons. The largest absolute Gasteiger partial charge is 0.465 e. The van der Waals surface area contributed by atoms with Gasteiger partial charge in [0.2, 0.25) is 5.91 Å². The highest BCUT2D eigenvalue weighted by atomic mass is 32.2. The number of aromatic nitrogens is 1. The molecular weight excluding hydrogens is 514 g/mol. The molecule has 5 rings (SSSR count). The van der Waals surface area contributed by atoms with E-state index in [0.717, 1.165) is 31.5 Å². The minimum atomic E-state index is -1.22. The first kappa shape index (κ1) is 25.9. The first-order chi connectivity index (χ1) is 17.6. The number of likely N-dealkylation sites (tertiary alicyclic amines) is 2. The number of aryl methyl sites for hydroxylation is 1. The van der Waals surface area contributed by atoms with Crippen molar-refractivity contribution < 1.29 is 24.3 Å². The van der Waals surface area contributed by atoms with Crippen LogP contribution in [0.4, 0.5) is 14.6 Å². The summed E-state index contributed by atoms with van der Waals surface area (Å²) in [5, 5.41) is 12.5. The van der Waals surface area contributed by atoms with Crippen LogP contribution in [-0.2, 0) is 4.79 Å². The Bertz CT molecular complexity index is 1270. The maximum absolute atomic E-state index is 13.6. The molecule has 1 spiro atoms. The van der Waals surface area contributed by atoms with E-state index < -0.39 is 10.8 Å². The predicted molar refractivity (Wildman–Crippen MR) is 143 cm³/mol. The third-order valence-corrected chi connectivity index (χ3v) is 9.77. The number of carbonyl (C=O) groups excluding carboxylic acids is 3. The van der Waals surface area contributed by atoms with Crippen molar-refractivity contribution in [3.63, 3.8) is 0 Å².